The average Bonchev–Trinajstić information content (AvgIpc) is 3.82. The van der Waals surface area contributed by atoms with Crippen molar-refractivity contribution in [2.75, 3.05) is 9.80 Å². The zero-order valence-electron chi connectivity index (χ0n) is 37.5. The number of anilines is 2. The number of aromatic carboxylic acids is 1. The molecule has 10 rings (SSSR count). The van der Waals surface area contributed by atoms with Gasteiger partial charge in [-0.25, -0.2) is 4.79 Å². The van der Waals surface area contributed by atoms with Crippen molar-refractivity contribution in [3.63, 3.8) is 0 Å². The molecular formula is C55H51Cl3N4O5. The molecule has 2 aromatic heterocycles. The van der Waals surface area contributed by atoms with Crippen LogP contribution in [-0.4, -0.2) is 41.6 Å². The molecule has 2 amide bonds. The van der Waals surface area contributed by atoms with Gasteiger partial charge in [0.15, 0.2) is 0 Å². The summed E-state index contributed by atoms with van der Waals surface area (Å²) < 4.78 is 1.57. The van der Waals surface area contributed by atoms with Gasteiger partial charge in [0.25, 0.3) is 15.6 Å². The van der Waals surface area contributed by atoms with E-state index in [0.29, 0.717) is 43.0 Å². The van der Waals surface area contributed by atoms with Crippen LogP contribution in [0.3, 0.4) is 0 Å². The van der Waals surface area contributed by atoms with Gasteiger partial charge >= 0.3 is 5.97 Å². The molecule has 6 aromatic rings. The molecule has 4 heterocycles. The summed E-state index contributed by atoms with van der Waals surface area (Å²) in [5, 5.41) is 9.57. The highest BCUT2D eigenvalue weighted by atomic mass is 35.6. The number of hydrogen-bond acceptors (Lipinski definition) is 4. The van der Waals surface area contributed by atoms with Crippen molar-refractivity contribution in [2.45, 2.75) is 95.2 Å². The first-order valence-corrected chi connectivity index (χ1v) is 24.0. The van der Waals surface area contributed by atoms with Gasteiger partial charge in [-0.2, -0.15) is 0 Å². The molecule has 0 radical (unpaired) electrons. The Bertz CT molecular complexity index is 2970. The predicted octanol–water partition coefficient (Wildman–Crippen LogP) is 13.3. The molecule has 2 aliphatic carbocycles. The molecule has 0 atom stereocenters. The number of Topliss-reactive ketones (excluding diaryl/α,β-unsaturated/α-hetero) is 1. The zero-order valence-corrected chi connectivity index (χ0v) is 39.8. The lowest BCUT2D eigenvalue weighted by Gasteiger charge is -2.23. The van der Waals surface area contributed by atoms with Crippen LogP contribution in [0.5, 0.6) is 0 Å². The Morgan fingerprint density at radius 3 is 1.31 bits per heavy atom. The van der Waals surface area contributed by atoms with Gasteiger partial charge in [-0.15, -0.1) is 0 Å². The van der Waals surface area contributed by atoms with E-state index in [-0.39, 0.29) is 17.5 Å². The van der Waals surface area contributed by atoms with E-state index in [1.807, 2.05) is 83.4 Å². The molecule has 0 fully saturated rings. The van der Waals surface area contributed by atoms with E-state index in [9.17, 15) is 24.3 Å². The number of halogens is 3. The van der Waals surface area contributed by atoms with Gasteiger partial charge < -0.3 is 24.0 Å². The lowest BCUT2D eigenvalue weighted by Crippen LogP contribution is -2.30. The van der Waals surface area contributed by atoms with Crippen molar-refractivity contribution >= 4 is 80.9 Å². The molecule has 0 bridgehead atoms. The van der Waals surface area contributed by atoms with Gasteiger partial charge in [0.2, 0.25) is 5.78 Å². The number of aromatic nitrogens is 2. The third-order valence-corrected chi connectivity index (χ3v) is 14.2. The highest BCUT2D eigenvalue weighted by molar-refractivity contribution is 6.77. The predicted molar refractivity (Wildman–Crippen MR) is 268 cm³/mol. The summed E-state index contributed by atoms with van der Waals surface area (Å²) in [6, 6.07) is 38.2. The first-order valence-electron chi connectivity index (χ1n) is 22.9. The second-order valence-corrected chi connectivity index (χ2v) is 20.1. The van der Waals surface area contributed by atoms with E-state index in [1.165, 1.54) is 59.1 Å². The second kappa shape index (κ2) is 19.2. The number of benzene rings is 4. The van der Waals surface area contributed by atoms with Crippen LogP contribution < -0.4 is 9.80 Å². The van der Waals surface area contributed by atoms with Crippen molar-refractivity contribution in [1.82, 2.24) is 9.13 Å². The van der Waals surface area contributed by atoms with Crippen molar-refractivity contribution in [3.05, 3.63) is 189 Å². The molecule has 1 N–H and O–H groups in total. The molecule has 9 nitrogen and oxygen atoms in total. The summed E-state index contributed by atoms with van der Waals surface area (Å²) in [6.45, 7) is 5.87. The number of amides is 2. The fourth-order valence-corrected chi connectivity index (χ4v) is 10.3. The Kier molecular flexibility index (Phi) is 13.2. The van der Waals surface area contributed by atoms with Gasteiger partial charge in [-0.3, -0.25) is 14.4 Å². The first kappa shape index (κ1) is 46.0. The number of rotatable bonds is 6. The van der Waals surface area contributed by atoms with Crippen LogP contribution >= 0.6 is 34.8 Å². The van der Waals surface area contributed by atoms with Crippen LogP contribution in [0.4, 0.5) is 11.4 Å². The quantitative estimate of drug-likeness (QED) is 0.132. The zero-order chi connectivity index (χ0) is 47.0. The SMILES string of the molecule is CC1=C(c2ccc(C(=O)N3Cc4ccc(C(=O)C(Cl)(Cl)Cl)n4Cc4ccccc43)cc2)CCCC1.CC1=C(c2ccc(C(=O)N3Cc4ccc(C(=O)O)n4Cc4ccccc43)cc2)CCCC1. The summed E-state index contributed by atoms with van der Waals surface area (Å²) >= 11 is 17.7. The number of hydrogen-bond donors (Lipinski definition) is 1. The van der Waals surface area contributed by atoms with Gasteiger partial charge in [-0.1, -0.05) is 107 Å². The number of fused-ring (bicyclic) bond motifs is 4. The standard InChI is InChI=1S/C28H25Cl3N2O2.C27H26N2O3/c1-18-6-2-4-8-23(18)19-10-12-20(13-11-19)27(35)33-17-22-14-15-25(26(34)28(29,30)31)32(22)16-21-7-3-5-9-24(21)33;1-18-6-2-4-8-23(18)19-10-12-20(13-11-19)26(30)29-17-22-14-15-25(27(31)32)28(22)16-21-7-3-5-9-24(21)29/h3,5,7,9-15H,2,4,6,8,16-17H2,1H3;3,5,7,9-15H,2,4,6,8,16-17H2,1H3,(H,31,32). The minimum atomic E-state index is -2.05. The number of allylic oxidation sites excluding steroid dienone is 4. The molecule has 0 spiro atoms. The van der Waals surface area contributed by atoms with Crippen LogP contribution in [-0.2, 0) is 26.2 Å². The maximum Gasteiger partial charge on any atom is 0.352 e. The third kappa shape index (κ3) is 9.42. The lowest BCUT2D eigenvalue weighted by atomic mass is 9.88. The van der Waals surface area contributed by atoms with Gasteiger partial charge in [0.1, 0.15) is 5.69 Å². The van der Waals surface area contributed by atoms with Crippen molar-refractivity contribution in [2.24, 2.45) is 0 Å². The highest BCUT2D eigenvalue weighted by Gasteiger charge is 2.36. The fourth-order valence-electron chi connectivity index (χ4n) is 10.0. The Labute approximate surface area is 405 Å². The second-order valence-electron chi connectivity index (χ2n) is 17.9. The molecule has 12 heteroatoms. The molecular weight excluding hydrogens is 903 g/mol. The van der Waals surface area contributed by atoms with Crippen molar-refractivity contribution in [1.29, 1.82) is 0 Å². The Morgan fingerprint density at radius 1 is 0.493 bits per heavy atom. The van der Waals surface area contributed by atoms with Crippen molar-refractivity contribution < 1.29 is 24.3 Å². The van der Waals surface area contributed by atoms with Gasteiger partial charge in [0.05, 0.1) is 31.9 Å². The van der Waals surface area contributed by atoms with E-state index < -0.39 is 15.5 Å². The Balaban J connectivity index is 0.000000169. The maximum atomic E-state index is 13.8. The number of carboxylic acid groups (broad SMARTS) is 1. The highest BCUT2D eigenvalue weighted by Crippen LogP contribution is 2.37. The summed E-state index contributed by atoms with van der Waals surface area (Å²) in [6.07, 6.45) is 9.41. The molecule has 2 aliphatic heterocycles. The van der Waals surface area contributed by atoms with Crippen LogP contribution in [0, 0.1) is 0 Å². The van der Waals surface area contributed by atoms with Gasteiger partial charge in [-0.05, 0) is 159 Å². The number of ketones is 1. The first-order chi connectivity index (χ1) is 32.3. The summed E-state index contributed by atoms with van der Waals surface area (Å²) in [7, 11) is 0. The molecule has 0 saturated carbocycles. The van der Waals surface area contributed by atoms with Crippen LogP contribution in [0.15, 0.2) is 132 Å². The number of carboxylic acids is 1. The van der Waals surface area contributed by atoms with Crippen LogP contribution in [0.2, 0.25) is 0 Å². The molecule has 342 valence electrons. The van der Waals surface area contributed by atoms with E-state index in [2.05, 4.69) is 38.1 Å². The number of carbonyl (C=O) groups excluding carboxylic acids is 3. The number of para-hydroxylation sites is 2. The minimum absolute atomic E-state index is 0.0788. The lowest BCUT2D eigenvalue weighted by molar-refractivity contribution is 0.0684. The molecule has 67 heavy (non-hydrogen) atoms. The fraction of sp³-hybridized carbons (Fsp3) is 0.273. The van der Waals surface area contributed by atoms with E-state index >= 15 is 0 Å². The molecule has 4 aromatic carbocycles. The topological polar surface area (TPSA) is 105 Å². The van der Waals surface area contributed by atoms with E-state index in [0.717, 1.165) is 59.6 Å². The smallest absolute Gasteiger partial charge is 0.352 e. The number of nitrogens with zero attached hydrogens (tertiary/aromatic N) is 4. The Morgan fingerprint density at radius 2 is 0.896 bits per heavy atom. The average molecular weight is 954 g/mol. The minimum Gasteiger partial charge on any atom is -0.477 e. The third-order valence-electron chi connectivity index (χ3n) is 13.7. The van der Waals surface area contributed by atoms with Gasteiger partial charge in [0, 0.05) is 33.9 Å². The number of alkyl halides is 3. The molecule has 0 unspecified atom stereocenters. The molecule has 0 saturated heterocycles. The number of carbonyl (C=O) groups is 4. The summed E-state index contributed by atoms with van der Waals surface area (Å²) in [5.74, 6) is -1.72. The monoisotopic (exact) mass is 952 g/mol. The van der Waals surface area contributed by atoms with Crippen LogP contribution in [0.25, 0.3) is 11.1 Å². The largest absolute Gasteiger partial charge is 0.477 e. The summed E-state index contributed by atoms with van der Waals surface area (Å²) in [5.41, 5.74) is 15.0. The molecule has 4 aliphatic rings. The van der Waals surface area contributed by atoms with Crippen molar-refractivity contribution in [3.8, 4) is 0 Å². The van der Waals surface area contributed by atoms with Crippen LogP contribution in [0.1, 0.15) is 141 Å². The van der Waals surface area contributed by atoms with E-state index in [1.54, 1.807) is 32.6 Å². The summed E-state index contributed by atoms with van der Waals surface area (Å²) in [4.78, 5) is 55.3. The Hall–Kier alpha value is -6.13. The normalized spacial score (nSPS) is 15.8. The van der Waals surface area contributed by atoms with E-state index in [4.69, 9.17) is 34.8 Å². The maximum absolute atomic E-state index is 13.8.